The standard InChI is InChI=1S/C30H50N4O6/c1-13-14-31-24(37)21(35)18(15-27(2,3)4)32-23(36)20-19-17(30(19,11)12)16-34(20)25(38)22(28(5,6)7)33-26(39)40-29(8,9)10/h13,17-20,22H,1,14-16H2,2-12H3,(H,31,37)(H,32,36)(H,33,39)/t17-,18?,19-,20-,22+/m0/s1. The largest absolute Gasteiger partial charge is 0.444 e. The molecule has 0 aromatic carbocycles. The number of hydrogen-bond donors (Lipinski definition) is 3. The van der Waals surface area contributed by atoms with Gasteiger partial charge in [-0.25, -0.2) is 4.79 Å². The summed E-state index contributed by atoms with van der Waals surface area (Å²) in [5.41, 5.74) is -1.96. The van der Waals surface area contributed by atoms with Crippen LogP contribution in [0, 0.1) is 28.1 Å². The van der Waals surface area contributed by atoms with Crippen LogP contribution < -0.4 is 16.0 Å². The molecule has 3 N–H and O–H groups in total. The maximum absolute atomic E-state index is 14.0. The fraction of sp³-hybridized carbons (Fsp3) is 0.767. The summed E-state index contributed by atoms with van der Waals surface area (Å²) < 4.78 is 5.41. The number of nitrogens with one attached hydrogen (secondary N) is 3. The minimum atomic E-state index is -1.06. The number of rotatable bonds is 9. The molecule has 10 nitrogen and oxygen atoms in total. The van der Waals surface area contributed by atoms with E-state index in [0.29, 0.717) is 6.54 Å². The van der Waals surface area contributed by atoms with Gasteiger partial charge in [-0.3, -0.25) is 19.2 Å². The van der Waals surface area contributed by atoms with Gasteiger partial charge in [-0.15, -0.1) is 6.58 Å². The predicted octanol–water partition coefficient (Wildman–Crippen LogP) is 3.20. The van der Waals surface area contributed by atoms with Crippen LogP contribution in [-0.4, -0.2) is 71.3 Å². The molecule has 1 saturated heterocycles. The third-order valence-electron chi connectivity index (χ3n) is 7.61. The van der Waals surface area contributed by atoms with Gasteiger partial charge in [0.2, 0.25) is 17.6 Å². The van der Waals surface area contributed by atoms with E-state index >= 15 is 0 Å². The van der Waals surface area contributed by atoms with Gasteiger partial charge in [0.05, 0.1) is 6.04 Å². The lowest BCUT2D eigenvalue weighted by molar-refractivity contribution is -0.145. The Morgan fingerprint density at radius 1 is 1.00 bits per heavy atom. The first-order chi connectivity index (χ1) is 18.0. The molecular weight excluding hydrogens is 512 g/mol. The number of carbonyl (C=O) groups excluding carboxylic acids is 5. The number of nitrogens with zero attached hydrogens (tertiary/aromatic N) is 1. The fourth-order valence-electron chi connectivity index (χ4n) is 5.54. The molecule has 1 aliphatic carbocycles. The van der Waals surface area contributed by atoms with Gasteiger partial charge in [0, 0.05) is 13.1 Å². The van der Waals surface area contributed by atoms with Crippen LogP contribution in [0.25, 0.3) is 0 Å². The minimum absolute atomic E-state index is 0.0991. The van der Waals surface area contributed by atoms with Crippen molar-refractivity contribution in [1.29, 1.82) is 0 Å². The van der Waals surface area contributed by atoms with Crippen molar-refractivity contribution in [2.24, 2.45) is 28.1 Å². The highest BCUT2D eigenvalue weighted by molar-refractivity contribution is 6.38. The molecule has 5 atom stereocenters. The summed E-state index contributed by atoms with van der Waals surface area (Å²) in [5, 5.41) is 8.04. The van der Waals surface area contributed by atoms with Crippen LogP contribution in [0.5, 0.6) is 0 Å². The molecular formula is C30H50N4O6. The summed E-state index contributed by atoms with van der Waals surface area (Å²) >= 11 is 0. The smallest absolute Gasteiger partial charge is 0.408 e. The molecule has 1 unspecified atom stereocenters. The molecule has 10 heteroatoms. The molecule has 0 radical (unpaired) electrons. The van der Waals surface area contributed by atoms with Crippen molar-refractivity contribution in [2.45, 2.75) is 106 Å². The third kappa shape index (κ3) is 8.07. The number of fused-ring (bicyclic) bond motifs is 1. The monoisotopic (exact) mass is 562 g/mol. The Hall–Kier alpha value is -2.91. The van der Waals surface area contributed by atoms with Crippen molar-refractivity contribution in [3.05, 3.63) is 12.7 Å². The second-order valence-corrected chi connectivity index (χ2v) is 15.0. The average molecular weight is 563 g/mol. The van der Waals surface area contributed by atoms with Gasteiger partial charge in [-0.05, 0) is 55.3 Å². The van der Waals surface area contributed by atoms with Gasteiger partial charge in [0.1, 0.15) is 17.7 Å². The van der Waals surface area contributed by atoms with E-state index in [1.54, 1.807) is 20.8 Å². The van der Waals surface area contributed by atoms with Crippen molar-refractivity contribution >= 4 is 29.6 Å². The van der Waals surface area contributed by atoms with Crippen LogP contribution in [0.3, 0.4) is 0 Å². The molecule has 0 spiro atoms. The van der Waals surface area contributed by atoms with E-state index in [-0.39, 0.29) is 41.5 Å². The number of alkyl carbamates (subject to hydrolysis) is 1. The summed E-state index contributed by atoms with van der Waals surface area (Å²) in [6.45, 7) is 24.6. The molecule has 226 valence electrons. The van der Waals surface area contributed by atoms with Crippen LogP contribution >= 0.6 is 0 Å². The number of Topliss-reactive ketones (excluding diaryl/α,β-unsaturated/α-hetero) is 1. The lowest BCUT2D eigenvalue weighted by Gasteiger charge is -2.38. The second-order valence-electron chi connectivity index (χ2n) is 15.0. The van der Waals surface area contributed by atoms with E-state index < -0.39 is 52.8 Å². The van der Waals surface area contributed by atoms with Crippen molar-refractivity contribution < 1.29 is 28.7 Å². The second kappa shape index (κ2) is 11.5. The highest BCUT2D eigenvalue weighted by Gasteiger charge is 2.70. The summed E-state index contributed by atoms with van der Waals surface area (Å²) in [4.78, 5) is 67.7. The molecule has 1 saturated carbocycles. The molecule has 2 fully saturated rings. The summed E-state index contributed by atoms with van der Waals surface area (Å²) in [7, 11) is 0. The zero-order valence-electron chi connectivity index (χ0n) is 26.2. The Labute approximate surface area is 239 Å². The fourth-order valence-corrected chi connectivity index (χ4v) is 5.54. The Balaban J connectivity index is 2.36. The molecule has 0 aromatic heterocycles. The Bertz CT molecular complexity index is 1030. The van der Waals surface area contributed by atoms with E-state index in [4.69, 9.17) is 4.74 Å². The van der Waals surface area contributed by atoms with Crippen molar-refractivity contribution in [3.63, 3.8) is 0 Å². The number of amides is 4. The molecule has 4 amide bonds. The van der Waals surface area contributed by atoms with Crippen molar-refractivity contribution in [2.75, 3.05) is 13.1 Å². The number of likely N-dealkylation sites (tertiary alicyclic amines) is 1. The summed E-state index contributed by atoms with van der Waals surface area (Å²) in [6, 6.07) is -2.85. The van der Waals surface area contributed by atoms with Gasteiger partial charge < -0.3 is 25.6 Å². The topological polar surface area (TPSA) is 134 Å². The molecule has 40 heavy (non-hydrogen) atoms. The highest BCUT2D eigenvalue weighted by atomic mass is 16.6. The van der Waals surface area contributed by atoms with E-state index in [2.05, 4.69) is 36.4 Å². The van der Waals surface area contributed by atoms with Crippen molar-refractivity contribution in [3.8, 4) is 0 Å². The zero-order chi connectivity index (χ0) is 31.0. The van der Waals surface area contributed by atoms with Crippen LogP contribution in [0.15, 0.2) is 12.7 Å². The lowest BCUT2D eigenvalue weighted by Crippen LogP contribution is -2.61. The number of hydrogen-bond acceptors (Lipinski definition) is 6. The first kappa shape index (κ1) is 33.3. The SMILES string of the molecule is C=CCNC(=O)C(=O)C(CC(C)(C)C)NC(=O)[C@@H]1[C@@H]2[C@H](CN1C(=O)[C@@H](NC(=O)OC(C)(C)C)C(C)(C)C)C2(C)C. The van der Waals surface area contributed by atoms with Gasteiger partial charge in [-0.1, -0.05) is 61.5 Å². The first-order valence-electron chi connectivity index (χ1n) is 14.0. The number of ketones is 1. The van der Waals surface area contributed by atoms with Gasteiger partial charge in [0.25, 0.3) is 5.91 Å². The van der Waals surface area contributed by atoms with Crippen LogP contribution in [-0.2, 0) is 23.9 Å². The zero-order valence-corrected chi connectivity index (χ0v) is 26.2. The molecule has 0 bridgehead atoms. The average Bonchev–Trinajstić information content (AvgIpc) is 3.11. The Kier molecular flexibility index (Phi) is 9.60. The molecule has 1 heterocycles. The first-order valence-corrected chi connectivity index (χ1v) is 14.0. The predicted molar refractivity (Wildman–Crippen MR) is 153 cm³/mol. The lowest BCUT2D eigenvalue weighted by atomic mass is 9.85. The van der Waals surface area contributed by atoms with Crippen LogP contribution in [0.4, 0.5) is 4.79 Å². The van der Waals surface area contributed by atoms with Gasteiger partial charge in [0.15, 0.2) is 0 Å². The van der Waals surface area contributed by atoms with Crippen LogP contribution in [0.1, 0.15) is 82.6 Å². The van der Waals surface area contributed by atoms with Crippen molar-refractivity contribution in [1.82, 2.24) is 20.9 Å². The molecule has 1 aliphatic heterocycles. The summed E-state index contributed by atoms with van der Waals surface area (Å²) in [6.07, 6.45) is 0.992. The molecule has 0 aromatic rings. The highest BCUT2D eigenvalue weighted by Crippen LogP contribution is 2.65. The Morgan fingerprint density at radius 2 is 1.57 bits per heavy atom. The molecule has 2 aliphatic rings. The van der Waals surface area contributed by atoms with E-state index in [9.17, 15) is 24.0 Å². The maximum Gasteiger partial charge on any atom is 0.408 e. The van der Waals surface area contributed by atoms with E-state index in [1.807, 2.05) is 41.5 Å². The van der Waals surface area contributed by atoms with Gasteiger partial charge >= 0.3 is 6.09 Å². The quantitative estimate of drug-likeness (QED) is 0.292. The van der Waals surface area contributed by atoms with Gasteiger partial charge in [-0.2, -0.15) is 0 Å². The van der Waals surface area contributed by atoms with E-state index in [1.165, 1.54) is 11.0 Å². The Morgan fingerprint density at radius 3 is 2.05 bits per heavy atom. The third-order valence-corrected chi connectivity index (χ3v) is 7.61. The minimum Gasteiger partial charge on any atom is -0.444 e. The summed E-state index contributed by atoms with van der Waals surface area (Å²) in [5.74, 6) is -2.42. The van der Waals surface area contributed by atoms with E-state index in [0.717, 1.165) is 0 Å². The van der Waals surface area contributed by atoms with Crippen LogP contribution in [0.2, 0.25) is 0 Å². The normalized spacial score (nSPS) is 23.3. The number of piperidine rings is 1. The number of carbonyl (C=O) groups is 5. The number of ether oxygens (including phenoxy) is 1. The maximum atomic E-state index is 14.0. The molecule has 2 rings (SSSR count).